The van der Waals surface area contributed by atoms with Crippen LogP contribution < -0.4 is 5.32 Å². The summed E-state index contributed by atoms with van der Waals surface area (Å²) in [6.07, 6.45) is 3.47. The second-order valence-electron chi connectivity index (χ2n) is 3.97. The minimum absolute atomic E-state index is 0.105. The average molecular weight is 231 g/mol. The number of piperidine rings is 1. The Morgan fingerprint density at radius 3 is 2.56 bits per heavy atom. The first-order valence-corrected chi connectivity index (χ1v) is 6.42. The highest BCUT2D eigenvalue weighted by Gasteiger charge is 2.14. The molecule has 1 aliphatic rings. The third-order valence-corrected chi connectivity index (χ3v) is 2.66. The van der Waals surface area contributed by atoms with Crippen molar-refractivity contribution < 1.29 is 14.2 Å². The fourth-order valence-corrected chi connectivity index (χ4v) is 1.88. The van der Waals surface area contributed by atoms with Gasteiger partial charge in [-0.3, -0.25) is 0 Å². The first kappa shape index (κ1) is 13.9. The summed E-state index contributed by atoms with van der Waals surface area (Å²) in [5, 5.41) is 3.34. The van der Waals surface area contributed by atoms with Crippen LogP contribution in [0.25, 0.3) is 0 Å². The fraction of sp³-hybridized carbons (Fsp3) is 1.00. The summed E-state index contributed by atoms with van der Waals surface area (Å²) in [5.41, 5.74) is 0. The second kappa shape index (κ2) is 8.93. The van der Waals surface area contributed by atoms with Crippen LogP contribution in [0.15, 0.2) is 0 Å². The van der Waals surface area contributed by atoms with Gasteiger partial charge in [-0.2, -0.15) is 0 Å². The molecule has 0 spiro atoms. The van der Waals surface area contributed by atoms with Crippen LogP contribution in [0.1, 0.15) is 33.1 Å². The van der Waals surface area contributed by atoms with E-state index in [0.29, 0.717) is 19.3 Å². The molecule has 0 aromatic heterocycles. The summed E-state index contributed by atoms with van der Waals surface area (Å²) in [4.78, 5) is 0. The summed E-state index contributed by atoms with van der Waals surface area (Å²) in [5.74, 6) is 0. The van der Waals surface area contributed by atoms with Crippen molar-refractivity contribution in [3.63, 3.8) is 0 Å². The van der Waals surface area contributed by atoms with Crippen molar-refractivity contribution in [2.45, 2.75) is 45.5 Å². The molecule has 1 N–H and O–H groups in total. The summed E-state index contributed by atoms with van der Waals surface area (Å²) >= 11 is 0. The topological polar surface area (TPSA) is 39.7 Å². The molecule has 1 atom stereocenters. The molecular weight excluding hydrogens is 206 g/mol. The Bertz CT molecular complexity index is 154. The van der Waals surface area contributed by atoms with Gasteiger partial charge in [0.2, 0.25) is 0 Å². The first-order valence-electron chi connectivity index (χ1n) is 6.42. The molecule has 4 heteroatoms. The molecule has 0 bridgehead atoms. The Hall–Kier alpha value is -0.160. The zero-order chi connectivity index (χ0) is 11.6. The van der Waals surface area contributed by atoms with Gasteiger partial charge < -0.3 is 19.5 Å². The maximum Gasteiger partial charge on any atom is 0.159 e. The van der Waals surface area contributed by atoms with Crippen LogP contribution in [0.3, 0.4) is 0 Å². The standard InChI is InChI=1S/C12H25NO3/c1-3-14-12(15-4-2)7-9-16-11-6-5-8-13-10-11/h11-13H,3-10H2,1-2H3/t11-/m0/s1. The maximum atomic E-state index is 5.78. The third kappa shape index (κ3) is 5.80. The van der Waals surface area contributed by atoms with Crippen molar-refractivity contribution in [1.29, 1.82) is 0 Å². The zero-order valence-electron chi connectivity index (χ0n) is 10.5. The Kier molecular flexibility index (Phi) is 7.76. The molecule has 0 aromatic carbocycles. The summed E-state index contributed by atoms with van der Waals surface area (Å²) in [6, 6.07) is 0. The van der Waals surface area contributed by atoms with Gasteiger partial charge in [0.15, 0.2) is 6.29 Å². The molecule has 0 radical (unpaired) electrons. The van der Waals surface area contributed by atoms with Crippen LogP contribution in [0.5, 0.6) is 0 Å². The van der Waals surface area contributed by atoms with E-state index in [2.05, 4.69) is 5.32 Å². The van der Waals surface area contributed by atoms with Crippen molar-refractivity contribution in [3.8, 4) is 0 Å². The maximum absolute atomic E-state index is 5.78. The van der Waals surface area contributed by atoms with Crippen LogP contribution in [0, 0.1) is 0 Å². The van der Waals surface area contributed by atoms with Crippen LogP contribution in [-0.4, -0.2) is 45.3 Å². The van der Waals surface area contributed by atoms with Gasteiger partial charge in [-0.25, -0.2) is 0 Å². The molecule has 1 heterocycles. The largest absolute Gasteiger partial charge is 0.377 e. The molecule has 0 aromatic rings. The van der Waals surface area contributed by atoms with E-state index in [0.717, 1.165) is 26.1 Å². The van der Waals surface area contributed by atoms with E-state index < -0.39 is 0 Å². The molecule has 1 rings (SSSR count). The highest BCUT2D eigenvalue weighted by atomic mass is 16.7. The summed E-state index contributed by atoms with van der Waals surface area (Å²) < 4.78 is 16.7. The Morgan fingerprint density at radius 2 is 2.00 bits per heavy atom. The zero-order valence-corrected chi connectivity index (χ0v) is 10.5. The number of rotatable bonds is 8. The molecule has 1 fully saturated rings. The van der Waals surface area contributed by atoms with E-state index in [4.69, 9.17) is 14.2 Å². The predicted molar refractivity (Wildman–Crippen MR) is 63.5 cm³/mol. The van der Waals surface area contributed by atoms with E-state index in [1.807, 2.05) is 13.8 Å². The lowest BCUT2D eigenvalue weighted by molar-refractivity contribution is -0.149. The fourth-order valence-electron chi connectivity index (χ4n) is 1.88. The molecule has 0 unspecified atom stereocenters. The molecule has 96 valence electrons. The number of hydrogen-bond donors (Lipinski definition) is 1. The lowest BCUT2D eigenvalue weighted by Crippen LogP contribution is -2.36. The molecular formula is C12H25NO3. The highest BCUT2D eigenvalue weighted by Crippen LogP contribution is 2.08. The summed E-state index contributed by atoms with van der Waals surface area (Å²) in [6.45, 7) is 8.17. The molecule has 4 nitrogen and oxygen atoms in total. The van der Waals surface area contributed by atoms with Gasteiger partial charge in [0.05, 0.1) is 12.7 Å². The lowest BCUT2D eigenvalue weighted by Gasteiger charge is -2.24. The van der Waals surface area contributed by atoms with Crippen molar-refractivity contribution in [2.24, 2.45) is 0 Å². The lowest BCUT2D eigenvalue weighted by atomic mass is 10.1. The normalized spacial score (nSPS) is 21.6. The van der Waals surface area contributed by atoms with Crippen LogP contribution in [0.2, 0.25) is 0 Å². The minimum Gasteiger partial charge on any atom is -0.377 e. The number of nitrogens with one attached hydrogen (secondary N) is 1. The molecule has 16 heavy (non-hydrogen) atoms. The van der Waals surface area contributed by atoms with Crippen LogP contribution in [-0.2, 0) is 14.2 Å². The van der Waals surface area contributed by atoms with Crippen LogP contribution in [0.4, 0.5) is 0 Å². The minimum atomic E-state index is -0.105. The second-order valence-corrected chi connectivity index (χ2v) is 3.97. The SMILES string of the molecule is CCOC(CCO[C@H]1CCCNC1)OCC. The van der Waals surface area contributed by atoms with Gasteiger partial charge in [0.25, 0.3) is 0 Å². The van der Waals surface area contributed by atoms with E-state index >= 15 is 0 Å². The van der Waals surface area contributed by atoms with Gasteiger partial charge in [-0.1, -0.05) is 0 Å². The number of ether oxygens (including phenoxy) is 3. The molecule has 1 saturated heterocycles. The van der Waals surface area contributed by atoms with E-state index in [9.17, 15) is 0 Å². The van der Waals surface area contributed by atoms with E-state index in [1.54, 1.807) is 0 Å². The Labute approximate surface area is 98.6 Å². The van der Waals surface area contributed by atoms with Gasteiger partial charge in [0, 0.05) is 26.2 Å². The molecule has 0 aliphatic carbocycles. The third-order valence-electron chi connectivity index (χ3n) is 2.66. The monoisotopic (exact) mass is 231 g/mol. The van der Waals surface area contributed by atoms with Crippen molar-refractivity contribution in [3.05, 3.63) is 0 Å². The van der Waals surface area contributed by atoms with Gasteiger partial charge in [-0.05, 0) is 33.2 Å². The van der Waals surface area contributed by atoms with Gasteiger partial charge in [0.1, 0.15) is 0 Å². The van der Waals surface area contributed by atoms with Gasteiger partial charge in [-0.15, -0.1) is 0 Å². The van der Waals surface area contributed by atoms with E-state index in [1.165, 1.54) is 12.8 Å². The van der Waals surface area contributed by atoms with Crippen molar-refractivity contribution in [1.82, 2.24) is 5.32 Å². The van der Waals surface area contributed by atoms with Crippen molar-refractivity contribution >= 4 is 0 Å². The Balaban J connectivity index is 2.06. The quantitative estimate of drug-likeness (QED) is 0.643. The van der Waals surface area contributed by atoms with Crippen molar-refractivity contribution in [2.75, 3.05) is 32.9 Å². The number of hydrogen-bond acceptors (Lipinski definition) is 4. The predicted octanol–water partition coefficient (Wildman–Crippen LogP) is 1.54. The highest BCUT2D eigenvalue weighted by molar-refractivity contribution is 4.68. The van der Waals surface area contributed by atoms with E-state index in [-0.39, 0.29) is 6.29 Å². The molecule has 0 saturated carbocycles. The van der Waals surface area contributed by atoms with Crippen LogP contribution >= 0.6 is 0 Å². The Morgan fingerprint density at radius 1 is 1.25 bits per heavy atom. The average Bonchev–Trinajstić information content (AvgIpc) is 2.31. The first-order chi connectivity index (χ1) is 7.86. The summed E-state index contributed by atoms with van der Waals surface area (Å²) in [7, 11) is 0. The smallest absolute Gasteiger partial charge is 0.159 e. The van der Waals surface area contributed by atoms with Gasteiger partial charge >= 0.3 is 0 Å². The molecule has 1 aliphatic heterocycles. The molecule has 0 amide bonds.